The van der Waals surface area contributed by atoms with Gasteiger partial charge in [0, 0.05) is 131 Å². The van der Waals surface area contributed by atoms with Gasteiger partial charge in [0.15, 0.2) is 17.5 Å². The Labute approximate surface area is 850 Å². The maximum Gasteiger partial charge on any atom is 0.417 e. The molecular weight excluding hydrogens is 1930 g/mol. The summed E-state index contributed by atoms with van der Waals surface area (Å²) in [4.78, 5) is 38.6. The first-order valence-corrected chi connectivity index (χ1v) is 49.9. The van der Waals surface area contributed by atoms with Gasteiger partial charge < -0.3 is 55.8 Å². The number of carbonyl (C=O) groups excluding carboxylic acids is 2. The molecule has 4 aliphatic rings. The zero-order valence-electron chi connectivity index (χ0n) is 80.8. The van der Waals surface area contributed by atoms with Crippen molar-refractivity contribution in [3.05, 3.63) is 380 Å². The van der Waals surface area contributed by atoms with E-state index in [9.17, 15) is 39.7 Å². The van der Waals surface area contributed by atoms with Gasteiger partial charge in [-0.25, -0.2) is 19.1 Å². The number of allylic oxidation sites excluding steroid dienone is 4. The number of ether oxygens (including phenoxy) is 1. The molecule has 28 nitrogen and oxygen atoms in total. The van der Waals surface area contributed by atoms with Crippen molar-refractivity contribution in [1.29, 1.82) is 5.26 Å². The molecule has 11 heterocycles. The van der Waals surface area contributed by atoms with Gasteiger partial charge in [-0.2, -0.15) is 35.9 Å². The van der Waals surface area contributed by atoms with Crippen LogP contribution in [0, 0.1) is 17.1 Å². The third-order valence-corrected chi connectivity index (χ3v) is 23.2. The fraction of sp³-hybridized carbons (Fsp3) is 0.321. The lowest BCUT2D eigenvalue weighted by Gasteiger charge is -2.23. The van der Waals surface area contributed by atoms with Crippen LogP contribution in [-0.4, -0.2) is 201 Å². The van der Waals surface area contributed by atoms with Gasteiger partial charge in [-0.05, 0) is 137 Å². The first-order valence-electron chi connectivity index (χ1n) is 47.2. The number of β-amino-alcohol motifs (C(OH)–C–C–N with tert-alkyl or cyclic N) is 2. The van der Waals surface area contributed by atoms with E-state index < -0.39 is 47.8 Å². The van der Waals surface area contributed by atoms with Gasteiger partial charge in [0.1, 0.15) is 28.9 Å². The van der Waals surface area contributed by atoms with E-state index in [2.05, 4.69) is 236 Å². The number of imide groups is 1. The number of rotatable bonds is 28. The number of fused-ring (bicyclic) bond motifs is 1. The van der Waals surface area contributed by atoms with Crippen molar-refractivity contribution in [3.8, 4) is 17.3 Å². The van der Waals surface area contributed by atoms with Gasteiger partial charge in [-0.1, -0.05) is 244 Å². The van der Waals surface area contributed by atoms with Crippen molar-refractivity contribution in [2.45, 2.75) is 154 Å². The molecule has 4 atom stereocenters. The van der Waals surface area contributed by atoms with E-state index in [1.807, 2.05) is 173 Å². The molecule has 0 spiro atoms. The number of pyridine rings is 1. The standard InChI is InChI=1S/C19H15ClFN3O3.C18H23N3.C16H21N3O2.C16H19N3.C13H15N3.C10H11N3.C9H15N3O2.C5H9Br.C3H5Br/c1-19(2,3)27-18(26)24-9-14-16(17(24)25)11(20)7-13(23-14)15-10(8-22)5-4-6-12(15)21;1-3-5-9-14-20(13-4-2)18-12-15-21(19-18)16-17-10-7-6-8-11-17;20-14-7-4-9-18(12-15(14)21)16-8-10-19(17-16)11-13-5-2-1-3-6-13;1-2-7-12-18(11-6-1)16-10-13-19(17-16)14-15-8-4-3-5-9-15;1-2-9-14-13-8-10-16(15-13)11-12-6-4-3-5-7-12;11-10-6-7-13(12-10)8-9-4-2-1-3-5-9;13-7-2-1-5-12(6-8(7)14)9-3-4-10-11-9;1-2-3-4-5-6;1-2-3-4/h4-7H,9H2,1-3H3;3-4,6-8,10-12,15H,1-2,5,9,13-14,16H2;1-3,5-6,8,10,14-15,20-21H,4,7,9,11-12H2;1,3-6,8-10,13H,2,7,11-12,14H2;2-8,10H,1,9,11H2,(H,14,15);1-7H,8H2,(H2,11,12);3-4,7-8,13-14H,1-2,5-6H2,(H,10,11);2H,1,3-5H2;2H,1,3H2/t;;14-,15+;;;;7-,8+;;/m..0...0../s1. The summed E-state index contributed by atoms with van der Waals surface area (Å²) in [6.45, 7) is 34.3. The van der Waals surface area contributed by atoms with E-state index in [-0.39, 0.29) is 39.6 Å². The Morgan fingerprint density at radius 2 is 1.09 bits per heavy atom. The molecule has 141 heavy (non-hydrogen) atoms. The minimum absolute atomic E-state index is 0.00660. The van der Waals surface area contributed by atoms with Gasteiger partial charge in [-0.15, -0.1) is 32.9 Å². The second kappa shape index (κ2) is 61.1. The number of nitrogen functional groups attached to an aromatic ring is 1. The van der Waals surface area contributed by atoms with Crippen molar-refractivity contribution in [1.82, 2.24) is 69.0 Å². The molecule has 13 aromatic rings. The topological polar surface area (TPSA) is 333 Å². The minimum Gasteiger partial charge on any atom is -0.443 e. The Hall–Kier alpha value is -13.6. The van der Waals surface area contributed by atoms with E-state index >= 15 is 0 Å². The Morgan fingerprint density at radius 3 is 1.57 bits per heavy atom. The maximum absolute atomic E-state index is 14.3. The zero-order chi connectivity index (χ0) is 101. The summed E-state index contributed by atoms with van der Waals surface area (Å²) in [5, 5.41) is 82.2. The van der Waals surface area contributed by atoms with Crippen LogP contribution in [-0.2, 0) is 44.0 Å². The number of aromatic amines is 1. The number of alkyl halides is 2. The van der Waals surface area contributed by atoms with E-state index in [4.69, 9.17) is 22.1 Å². The number of aliphatic hydroxyl groups is 4. The molecule has 744 valence electrons. The van der Waals surface area contributed by atoms with Crippen LogP contribution in [0.25, 0.3) is 11.3 Å². The molecule has 7 aromatic heterocycles. The summed E-state index contributed by atoms with van der Waals surface area (Å²) < 4.78 is 29.2. The van der Waals surface area contributed by atoms with Crippen LogP contribution in [0.4, 0.5) is 44.1 Å². The average molecular weight is 2060 g/mol. The number of nitriles is 1. The molecule has 32 heteroatoms. The summed E-state index contributed by atoms with van der Waals surface area (Å²) >= 11 is 12.7. The number of nitrogens with one attached hydrogen (secondary N) is 2. The fourth-order valence-corrected chi connectivity index (χ4v) is 15.4. The van der Waals surface area contributed by atoms with Crippen molar-refractivity contribution >= 4 is 90.4 Å². The van der Waals surface area contributed by atoms with Crippen LogP contribution in [0.5, 0.6) is 0 Å². The number of aliphatic hydroxyl groups excluding tert-OH is 4. The quantitative estimate of drug-likeness (QED) is 0.0136. The number of unbranched alkanes of at least 4 members (excludes halogenated alkanes) is 2. The van der Waals surface area contributed by atoms with Crippen molar-refractivity contribution < 1.29 is 39.1 Å². The molecule has 0 unspecified atom stereocenters. The van der Waals surface area contributed by atoms with Crippen LogP contribution in [0.2, 0.25) is 5.02 Å². The second-order valence-electron chi connectivity index (χ2n) is 34.2. The summed E-state index contributed by atoms with van der Waals surface area (Å²) in [6, 6.07) is 70.6. The average Bonchev–Trinajstić information content (AvgIpc) is 1.62. The molecule has 0 aliphatic carbocycles. The normalized spacial score (nSPS) is 15.1. The number of halogens is 4. The number of hydrogen-bond donors (Lipinski definition) is 7. The van der Waals surface area contributed by atoms with Gasteiger partial charge in [0.2, 0.25) is 0 Å². The highest BCUT2D eigenvalue weighted by molar-refractivity contribution is 9.09. The largest absolute Gasteiger partial charge is 0.443 e. The molecule has 2 fully saturated rings. The van der Waals surface area contributed by atoms with Gasteiger partial charge in [-0.3, -0.25) is 33.3 Å². The number of anilines is 6. The number of aromatic nitrogens is 13. The summed E-state index contributed by atoms with van der Waals surface area (Å²) in [7, 11) is 0. The second-order valence-corrected chi connectivity index (χ2v) is 36.0. The van der Waals surface area contributed by atoms with Gasteiger partial charge in [0.05, 0.1) is 109 Å². The van der Waals surface area contributed by atoms with E-state index in [1.165, 1.54) is 71.3 Å². The number of nitrogens with zero attached hydrogens (tertiary/aromatic N) is 18. The lowest BCUT2D eigenvalue weighted by atomic mass is 10.0. The summed E-state index contributed by atoms with van der Waals surface area (Å²) in [6.07, 6.45) is 32.0. The lowest BCUT2D eigenvalue weighted by molar-refractivity contribution is 0.0246. The third-order valence-electron chi connectivity index (χ3n) is 21.8. The number of carbonyl (C=O) groups is 2. The van der Waals surface area contributed by atoms with E-state index in [1.54, 1.807) is 39.1 Å². The van der Waals surface area contributed by atoms with Crippen LogP contribution in [0.15, 0.2) is 325 Å². The first kappa shape index (κ1) is 111. The van der Waals surface area contributed by atoms with Crippen molar-refractivity contribution in [2.75, 3.05) is 100 Å². The molecule has 0 radical (unpaired) electrons. The summed E-state index contributed by atoms with van der Waals surface area (Å²) in [5.74, 6) is 4.05. The van der Waals surface area contributed by atoms with Gasteiger partial charge in [0.25, 0.3) is 5.91 Å². The van der Waals surface area contributed by atoms with Crippen LogP contribution in [0.1, 0.15) is 134 Å². The Bertz CT molecular complexity index is 5910. The SMILES string of the molecule is C1=CCN(c2ccn(Cc3ccccc3)n2)CCC1.C=CCBr.C=CCCCBr.C=CCCCN(CC=C)c1ccn(Cc2ccccc2)n1.C=CCNc1ccn(Cc2ccccc2)n1.CC(C)(C)OC(=O)N1Cc2nc(-c3c(F)cccc3C#N)cc(Cl)c2C1=O.Nc1ccn(Cc2ccccc2)n1.O[C@@H]1CN(c2ccn(Cc3ccccc3)n2)CCC[C@@H]1O.O[C@@H]1CN(c2ccn[nH]2)CCC[C@@H]1O. The first-order chi connectivity index (χ1) is 68.4. The number of H-pyrrole nitrogens is 1. The fourth-order valence-electron chi connectivity index (χ4n) is 14.8. The molecule has 0 saturated carbocycles. The highest BCUT2D eigenvalue weighted by Crippen LogP contribution is 2.35. The smallest absolute Gasteiger partial charge is 0.417 e. The predicted molar refractivity (Wildman–Crippen MR) is 573 cm³/mol. The molecule has 0 bridgehead atoms. The molecule has 2 amide bonds. The molecular formula is C109H133Br2ClFN21O7. The molecule has 17 rings (SSSR count). The molecule has 8 N–H and O–H groups in total. The number of hydrogen-bond acceptors (Lipinski definition) is 21. The number of nitrogens with two attached hydrogens (primary N) is 1. The summed E-state index contributed by atoms with van der Waals surface area (Å²) in [5.41, 5.74) is 11.4. The van der Waals surface area contributed by atoms with Crippen molar-refractivity contribution in [2.24, 2.45) is 0 Å². The molecule has 4 aliphatic heterocycles. The van der Waals surface area contributed by atoms with Crippen LogP contribution in [0.3, 0.4) is 0 Å². The Morgan fingerprint density at radius 1 is 0.589 bits per heavy atom. The molecule has 6 aromatic carbocycles. The Kier molecular flexibility index (Phi) is 48.1. The minimum atomic E-state index is -0.813. The number of benzene rings is 6. The maximum atomic E-state index is 14.3. The molecule has 2 saturated heterocycles. The van der Waals surface area contributed by atoms with Crippen molar-refractivity contribution in [3.63, 3.8) is 0 Å². The predicted octanol–water partition coefficient (Wildman–Crippen LogP) is 20.2. The van der Waals surface area contributed by atoms with E-state index in [0.29, 0.717) is 31.7 Å². The Balaban J connectivity index is 0.000000182. The van der Waals surface area contributed by atoms with Crippen LogP contribution >= 0.6 is 43.5 Å². The highest BCUT2D eigenvalue weighted by Gasteiger charge is 2.39. The van der Waals surface area contributed by atoms with E-state index in [0.717, 1.165) is 155 Å². The van der Waals surface area contributed by atoms with Crippen LogP contribution < -0.4 is 30.7 Å². The zero-order valence-corrected chi connectivity index (χ0v) is 84.7. The highest BCUT2D eigenvalue weighted by atomic mass is 79.9. The third kappa shape index (κ3) is 38.9. The number of amides is 2. The van der Waals surface area contributed by atoms with Gasteiger partial charge >= 0.3 is 6.09 Å². The monoisotopic (exact) mass is 2060 g/mol. The lowest BCUT2D eigenvalue weighted by Crippen LogP contribution is -2.36.